The molecule has 4 heteroatoms. The molecular weight excluding hydrogens is 529 g/mol. The normalized spacial score (nSPS) is 17.1. The van der Waals surface area contributed by atoms with E-state index >= 15 is 0 Å². The van der Waals surface area contributed by atoms with Crippen LogP contribution in [0.3, 0.4) is 0 Å². The van der Waals surface area contributed by atoms with Crippen molar-refractivity contribution in [3.8, 4) is 0 Å². The zero-order chi connectivity index (χ0) is 21.6. The molecule has 2 heterocycles. The Kier molecular flexibility index (Phi) is 11.7. The van der Waals surface area contributed by atoms with Crippen LogP contribution in [0, 0.1) is 0 Å². The largest absolute Gasteiger partial charge is 0.214 e. The summed E-state index contributed by atoms with van der Waals surface area (Å²) in [7, 11) is 0. The van der Waals surface area contributed by atoms with Gasteiger partial charge in [-0.15, -0.1) is 0 Å². The molecule has 0 bridgehead atoms. The summed E-state index contributed by atoms with van der Waals surface area (Å²) in [6.45, 7) is 18.3. The molecule has 1 nitrogen and oxygen atoms in total. The quantitative estimate of drug-likeness (QED) is 0.275. The third-order valence-electron chi connectivity index (χ3n) is 6.05. The molecule has 0 amide bonds. The molecule has 0 aliphatic carbocycles. The van der Waals surface area contributed by atoms with Crippen molar-refractivity contribution >= 4 is 29.4 Å². The summed E-state index contributed by atoms with van der Waals surface area (Å²) in [4.78, 5) is 0. The van der Waals surface area contributed by atoms with Gasteiger partial charge >= 0.3 is 127 Å². The third-order valence-corrected chi connectivity index (χ3v) is 20.2. The van der Waals surface area contributed by atoms with Gasteiger partial charge in [-0.05, 0) is 0 Å². The van der Waals surface area contributed by atoms with E-state index in [1.807, 2.05) is 60.7 Å². The Morgan fingerprint density at radius 2 is 0.733 bits per heavy atom. The molecule has 0 N–H and O–H groups in total. The smallest absolute Gasteiger partial charge is 0 e. The van der Waals surface area contributed by atoms with E-state index in [-0.39, 0.29) is 17.1 Å². The third kappa shape index (κ3) is 6.61. The Labute approximate surface area is 204 Å². The van der Waals surface area contributed by atoms with Crippen molar-refractivity contribution in [1.29, 1.82) is 0 Å². The molecule has 0 spiro atoms. The first-order valence-corrected chi connectivity index (χ1v) is 16.2. The van der Waals surface area contributed by atoms with Crippen molar-refractivity contribution < 1.29 is 19.9 Å². The van der Waals surface area contributed by atoms with Gasteiger partial charge in [0.1, 0.15) is 0 Å². The number of hydrogen-bond acceptors (Lipinski definition) is 1. The second kappa shape index (κ2) is 12.9. The van der Waals surface area contributed by atoms with E-state index in [9.17, 15) is 0 Å². The van der Waals surface area contributed by atoms with Crippen molar-refractivity contribution in [2.24, 2.45) is 0 Å². The molecule has 2 radical (unpaired) electrons. The average molecular weight is 564 g/mol. The van der Waals surface area contributed by atoms with Gasteiger partial charge in [0.05, 0.1) is 0 Å². The zero-order valence-electron chi connectivity index (χ0n) is 19.5. The summed E-state index contributed by atoms with van der Waals surface area (Å²) in [5, 5.41) is 0. The number of allylic oxidation sites excluding steroid dienone is 8. The monoisotopic (exact) mass is 566 g/mol. The van der Waals surface area contributed by atoms with E-state index in [1.165, 1.54) is 22.3 Å². The zero-order valence-corrected chi connectivity index (χ0v) is 24.8. The molecule has 0 fully saturated rings. The van der Waals surface area contributed by atoms with Gasteiger partial charge in [-0.2, -0.15) is 36.4 Å². The Hall–Kier alpha value is -0.775. The molecule has 2 aliphatic rings. The molecule has 4 rings (SSSR count). The second-order valence-electron chi connectivity index (χ2n) is 7.68. The van der Waals surface area contributed by atoms with E-state index in [4.69, 9.17) is 2.79 Å². The van der Waals surface area contributed by atoms with Gasteiger partial charge in [0.2, 0.25) is 0 Å². The van der Waals surface area contributed by atoms with Crippen molar-refractivity contribution in [1.82, 2.24) is 0 Å². The summed E-state index contributed by atoms with van der Waals surface area (Å²) in [5.41, 5.74) is 6.00. The van der Waals surface area contributed by atoms with Crippen molar-refractivity contribution in [2.45, 2.75) is 55.4 Å². The maximum absolute atomic E-state index is 6.80. The van der Waals surface area contributed by atoms with Crippen molar-refractivity contribution in [3.05, 3.63) is 101 Å². The molecule has 0 saturated carbocycles. The standard InChI is InChI=1S/C16H24Ge2O.2C5H5.Fe/c1-9-10(2)14(6)17(13(9)5)19-18-15(7)11(3)12(4)16(18)8;2*1-2-4-5-3-1;/h1-8H3;2*1-5H;/q;2*-1;. The van der Waals surface area contributed by atoms with Crippen molar-refractivity contribution in [2.75, 3.05) is 0 Å². The van der Waals surface area contributed by atoms with Crippen LogP contribution in [0.4, 0.5) is 0 Å². The summed E-state index contributed by atoms with van der Waals surface area (Å²) < 4.78 is 13.1. The predicted octanol–water partition coefficient (Wildman–Crippen LogP) is 7.32. The van der Waals surface area contributed by atoms with E-state index in [0.29, 0.717) is 0 Å². The Bertz CT molecular complexity index is 754. The summed E-state index contributed by atoms with van der Waals surface area (Å²) in [6.07, 6.45) is 0. The van der Waals surface area contributed by atoms with Gasteiger partial charge < -0.3 is 0 Å². The molecule has 0 unspecified atom stereocenters. The minimum absolute atomic E-state index is 0. The fourth-order valence-corrected chi connectivity index (χ4v) is 20.8. The van der Waals surface area contributed by atoms with Crippen LogP contribution in [0.2, 0.25) is 0 Å². The number of rotatable bonds is 2. The Balaban J connectivity index is 0.000000333. The van der Waals surface area contributed by atoms with Crippen LogP contribution in [-0.2, 0) is 19.9 Å². The molecule has 0 aromatic heterocycles. The maximum Gasteiger partial charge on any atom is 0 e. The van der Waals surface area contributed by atoms with Gasteiger partial charge in [0.15, 0.2) is 0 Å². The topological polar surface area (TPSA) is 9.23 Å². The van der Waals surface area contributed by atoms with E-state index in [1.54, 1.807) is 17.6 Å². The van der Waals surface area contributed by atoms with E-state index in [0.717, 1.165) is 0 Å². The van der Waals surface area contributed by atoms with Crippen LogP contribution >= 0.6 is 0 Å². The van der Waals surface area contributed by atoms with Crippen LogP contribution in [0.5, 0.6) is 0 Å². The van der Waals surface area contributed by atoms with Gasteiger partial charge in [-0.1, -0.05) is 0 Å². The van der Waals surface area contributed by atoms with Gasteiger partial charge in [0.25, 0.3) is 0 Å². The fourth-order valence-electron chi connectivity index (χ4n) is 3.42. The molecular formula is C26H34FeGe2O-2. The first-order valence-electron chi connectivity index (χ1n) is 10.2. The minimum Gasteiger partial charge on any atom is -0.214 e. The Morgan fingerprint density at radius 1 is 0.500 bits per heavy atom. The SMILES string of the molecule is CC1=[C](C)[Ge]([O][Ge]2[C](C)=C(C)C(C)=[C]2C)[C](C)=C1C.[Fe].c1cc[cH-]c1.c1cc[cH-]c1. The first-order chi connectivity index (χ1) is 13.8. The minimum atomic E-state index is -1.61. The summed E-state index contributed by atoms with van der Waals surface area (Å²) >= 11 is -3.23. The molecule has 30 heavy (non-hydrogen) atoms. The van der Waals surface area contributed by atoms with Crippen LogP contribution in [0.15, 0.2) is 101 Å². The molecule has 2 aromatic rings. The fraction of sp³-hybridized carbons (Fsp3) is 0.308. The van der Waals surface area contributed by atoms with Crippen LogP contribution < -0.4 is 0 Å². The van der Waals surface area contributed by atoms with Crippen LogP contribution in [-0.4, -0.2) is 29.4 Å². The molecule has 2 aliphatic heterocycles. The maximum atomic E-state index is 6.80. The van der Waals surface area contributed by atoms with E-state index < -0.39 is 29.4 Å². The summed E-state index contributed by atoms with van der Waals surface area (Å²) in [5.74, 6) is 0. The predicted molar refractivity (Wildman–Crippen MR) is 130 cm³/mol. The molecule has 162 valence electrons. The second-order valence-corrected chi connectivity index (χ2v) is 19.4. The van der Waals surface area contributed by atoms with E-state index in [2.05, 4.69) is 55.4 Å². The van der Waals surface area contributed by atoms with Gasteiger partial charge in [-0.3, -0.25) is 0 Å². The number of hydrogen-bond donors (Lipinski definition) is 0. The first kappa shape index (κ1) is 27.3. The average Bonchev–Trinajstić information content (AvgIpc) is 3.52. The molecule has 0 saturated heterocycles. The van der Waals surface area contributed by atoms with Gasteiger partial charge in [0, 0.05) is 17.1 Å². The van der Waals surface area contributed by atoms with Gasteiger partial charge in [-0.25, -0.2) is 24.3 Å². The van der Waals surface area contributed by atoms with Crippen LogP contribution in [0.1, 0.15) is 55.4 Å². The molecule has 2 aromatic carbocycles. The Morgan fingerprint density at radius 3 is 0.900 bits per heavy atom. The summed E-state index contributed by atoms with van der Waals surface area (Å²) in [6, 6.07) is 20.0. The molecule has 0 atom stereocenters. The van der Waals surface area contributed by atoms with Crippen molar-refractivity contribution in [3.63, 3.8) is 0 Å². The van der Waals surface area contributed by atoms with Crippen LogP contribution in [0.25, 0.3) is 0 Å².